The Kier molecular flexibility index (Phi) is 22.2. The van der Waals surface area contributed by atoms with E-state index in [-0.39, 0.29) is 0 Å². The number of hydrogen-bond donors (Lipinski definition) is 0. The standard InChI is InChI=1S/2C29H37.C2H6Si.2ClH.Zr/c2*1-4-29(14-9-7-5-6-8-10-15-29)21-24-19-25-12-11-13-27(28(25)20-24)26-17-22(2)16-23(3)18-26;1-3-2;;;/h2*11-13,16-20H,4-10,14-15,21H2,1-3H3;1-2H3;2*1H;/q2*-1;;;;+4/p-2. The summed E-state index contributed by atoms with van der Waals surface area (Å²) in [6.07, 6.45) is 28.0. The molecule has 342 valence electrons. The van der Waals surface area contributed by atoms with Crippen LogP contribution in [0.25, 0.3) is 43.8 Å². The van der Waals surface area contributed by atoms with Gasteiger partial charge in [-0.05, 0) is 88.2 Å². The van der Waals surface area contributed by atoms with Crippen LogP contribution in [0.3, 0.4) is 0 Å². The Balaban J connectivity index is 0.000000215. The number of benzene rings is 4. The van der Waals surface area contributed by atoms with Crippen LogP contribution in [-0.4, -0.2) is 9.52 Å². The van der Waals surface area contributed by atoms with Gasteiger partial charge in [-0.15, -0.1) is 69.1 Å². The van der Waals surface area contributed by atoms with Crippen LogP contribution in [0.5, 0.6) is 0 Å². The van der Waals surface area contributed by atoms with Gasteiger partial charge in [0.25, 0.3) is 0 Å². The molecule has 0 spiro atoms. The topological polar surface area (TPSA) is 0 Å². The molecule has 0 aliphatic heterocycles. The summed E-state index contributed by atoms with van der Waals surface area (Å²) in [5.41, 5.74) is 15.0. The summed E-state index contributed by atoms with van der Waals surface area (Å²) in [6.45, 7) is 18.0. The summed E-state index contributed by atoms with van der Waals surface area (Å²) < 4.78 is 0. The van der Waals surface area contributed by atoms with Crippen LogP contribution < -0.4 is 0 Å². The molecular formula is C60H80Cl2SiZr. The average Bonchev–Trinajstić information content (AvgIpc) is 3.92. The molecule has 2 aliphatic carbocycles. The third-order valence-electron chi connectivity index (χ3n) is 14.7. The predicted octanol–water partition coefficient (Wildman–Crippen LogP) is 20.0. The Morgan fingerprint density at radius 2 is 0.781 bits per heavy atom. The van der Waals surface area contributed by atoms with Crippen molar-refractivity contribution in [2.75, 3.05) is 0 Å². The molecule has 0 bridgehead atoms. The molecule has 2 aliphatic rings. The first-order valence-corrected chi connectivity index (χ1v) is 33.4. The van der Waals surface area contributed by atoms with Crippen molar-refractivity contribution in [3.05, 3.63) is 130 Å². The second-order valence-corrected chi connectivity index (χ2v) is 24.7. The van der Waals surface area contributed by atoms with E-state index < -0.39 is 20.8 Å². The molecule has 4 heteroatoms. The molecule has 0 unspecified atom stereocenters. The summed E-state index contributed by atoms with van der Waals surface area (Å²) in [5, 5.41) is 5.68. The quantitative estimate of drug-likeness (QED) is 0.105. The van der Waals surface area contributed by atoms with Crippen LogP contribution in [0.1, 0.15) is 163 Å². The van der Waals surface area contributed by atoms with Crippen molar-refractivity contribution >= 4 is 48.1 Å². The first-order chi connectivity index (χ1) is 31.0. The van der Waals surface area contributed by atoms with Crippen molar-refractivity contribution in [3.8, 4) is 22.3 Å². The molecule has 6 aromatic carbocycles. The van der Waals surface area contributed by atoms with Crippen LogP contribution in [-0.2, 0) is 33.7 Å². The number of hydrogen-bond acceptors (Lipinski definition) is 0. The molecule has 0 heterocycles. The van der Waals surface area contributed by atoms with Gasteiger partial charge in [0.1, 0.15) is 0 Å². The molecule has 0 atom stereocenters. The van der Waals surface area contributed by atoms with Crippen molar-refractivity contribution < 1.29 is 20.8 Å². The Morgan fingerprint density at radius 3 is 1.08 bits per heavy atom. The Hall–Kier alpha value is -2.22. The van der Waals surface area contributed by atoms with Crippen LogP contribution in [0, 0.1) is 38.5 Å². The van der Waals surface area contributed by atoms with Gasteiger partial charge in [0, 0.05) is 9.52 Å². The van der Waals surface area contributed by atoms with Gasteiger partial charge in [-0.2, -0.15) is 12.1 Å². The van der Waals surface area contributed by atoms with E-state index in [1.54, 1.807) is 11.1 Å². The van der Waals surface area contributed by atoms with Crippen LogP contribution >= 0.6 is 17.0 Å². The summed E-state index contributed by atoms with van der Waals surface area (Å²) >= 11 is -0.826. The fourth-order valence-electron chi connectivity index (χ4n) is 11.4. The van der Waals surface area contributed by atoms with Gasteiger partial charge in [-0.3, -0.25) is 0 Å². The zero-order valence-corrected chi connectivity index (χ0v) is 46.1. The molecular weight excluding hydrogens is 911 g/mol. The van der Waals surface area contributed by atoms with Gasteiger partial charge in [0.15, 0.2) is 0 Å². The van der Waals surface area contributed by atoms with Crippen molar-refractivity contribution in [1.29, 1.82) is 0 Å². The molecule has 0 saturated heterocycles. The molecule has 6 aromatic rings. The molecule has 0 N–H and O–H groups in total. The van der Waals surface area contributed by atoms with Gasteiger partial charge >= 0.3 is 37.9 Å². The van der Waals surface area contributed by atoms with E-state index >= 15 is 0 Å². The van der Waals surface area contributed by atoms with Crippen molar-refractivity contribution in [2.24, 2.45) is 10.8 Å². The monoisotopic (exact) mass is 988 g/mol. The SMILES string of the molecule is CCC1(Cc2cc3c(-c4cc(C)cc(C)c4)cccc3[cH-]2)CCCCCCCC1.CCC1(Cc2cc3c(-c4cc(C)cc(C)c4)cccc3[cH-]2)CCCCCCCC1.C[Si]C.[Cl][Zr+2][Cl]. The van der Waals surface area contributed by atoms with E-state index in [1.165, 1.54) is 194 Å². The van der Waals surface area contributed by atoms with Gasteiger partial charge in [0.2, 0.25) is 0 Å². The fourth-order valence-corrected chi connectivity index (χ4v) is 11.4. The molecule has 8 rings (SSSR count). The number of aryl methyl sites for hydroxylation is 4. The summed E-state index contributed by atoms with van der Waals surface area (Å²) in [4.78, 5) is 0. The third kappa shape index (κ3) is 15.4. The van der Waals surface area contributed by atoms with Crippen molar-refractivity contribution in [2.45, 2.75) is 183 Å². The van der Waals surface area contributed by atoms with E-state index in [4.69, 9.17) is 17.0 Å². The summed E-state index contributed by atoms with van der Waals surface area (Å²) in [7, 11) is 11.0. The van der Waals surface area contributed by atoms with Crippen molar-refractivity contribution in [1.82, 2.24) is 0 Å². The Labute approximate surface area is 412 Å². The van der Waals surface area contributed by atoms with Crippen LogP contribution in [0.4, 0.5) is 0 Å². The number of rotatable bonds is 8. The van der Waals surface area contributed by atoms with E-state index in [0.29, 0.717) is 10.8 Å². The molecule has 0 aromatic heterocycles. The maximum absolute atomic E-state index is 4.93. The van der Waals surface area contributed by atoms with Crippen molar-refractivity contribution in [3.63, 3.8) is 0 Å². The summed E-state index contributed by atoms with van der Waals surface area (Å²) in [6, 6.07) is 37.5. The maximum atomic E-state index is 4.93. The van der Waals surface area contributed by atoms with Gasteiger partial charge in [-0.25, -0.2) is 0 Å². The average molecular weight is 992 g/mol. The second-order valence-electron chi connectivity index (χ2n) is 20.0. The molecule has 0 nitrogen and oxygen atoms in total. The van der Waals surface area contributed by atoms with Gasteiger partial charge in [0.05, 0.1) is 0 Å². The third-order valence-corrected chi connectivity index (χ3v) is 14.7. The van der Waals surface area contributed by atoms with E-state index in [9.17, 15) is 0 Å². The first kappa shape index (κ1) is 52.7. The van der Waals surface area contributed by atoms with Gasteiger partial charge in [-0.1, -0.05) is 199 Å². The number of fused-ring (bicyclic) bond motifs is 2. The molecule has 2 radical (unpaired) electrons. The minimum atomic E-state index is -0.826. The zero-order valence-electron chi connectivity index (χ0n) is 41.1. The zero-order chi connectivity index (χ0) is 46.0. The summed E-state index contributed by atoms with van der Waals surface area (Å²) in [5.74, 6) is 0. The Morgan fingerprint density at radius 1 is 0.484 bits per heavy atom. The molecule has 2 fully saturated rings. The molecule has 64 heavy (non-hydrogen) atoms. The van der Waals surface area contributed by atoms with Crippen LogP contribution in [0.15, 0.2) is 97.1 Å². The molecule has 0 amide bonds. The van der Waals surface area contributed by atoms with E-state index in [0.717, 1.165) is 9.52 Å². The first-order valence-electron chi connectivity index (χ1n) is 25.1. The van der Waals surface area contributed by atoms with E-state index in [1.807, 2.05) is 0 Å². The predicted molar refractivity (Wildman–Crippen MR) is 285 cm³/mol. The van der Waals surface area contributed by atoms with Crippen LogP contribution in [0.2, 0.25) is 13.1 Å². The van der Waals surface area contributed by atoms with Gasteiger partial charge < -0.3 is 0 Å². The fraction of sp³-hybridized carbons (Fsp3) is 0.500. The van der Waals surface area contributed by atoms with E-state index in [2.05, 4.69) is 152 Å². The minimum absolute atomic E-state index is 0.509. The Bertz CT molecular complexity index is 2070. The normalized spacial score (nSPS) is 16.4. The number of halogens is 2. The second kappa shape index (κ2) is 26.9. The molecule has 2 saturated carbocycles.